The van der Waals surface area contributed by atoms with Gasteiger partial charge in [-0.3, -0.25) is 4.68 Å². The Labute approximate surface area is 151 Å². The van der Waals surface area contributed by atoms with Crippen LogP contribution in [0.15, 0.2) is 48.0 Å². The lowest BCUT2D eigenvalue weighted by Gasteiger charge is -2.13. The van der Waals surface area contributed by atoms with Crippen LogP contribution in [0, 0.1) is 0 Å². The zero-order valence-corrected chi connectivity index (χ0v) is 15.1. The molecule has 134 valence electrons. The standard InChI is InChI=1S/C18H19N5O2S/c1-23-18-15(11-19-23)17(20-14-9-10-26(24,25)12-14)21-16(22-18)8-7-13-5-3-2-4-6-13/h2-6,9-11,14H,7-8,12H2,1H3,(H,20,21,22). The summed E-state index contributed by atoms with van der Waals surface area (Å²) < 4.78 is 25.0. The summed E-state index contributed by atoms with van der Waals surface area (Å²) in [5.74, 6) is 1.37. The number of aromatic nitrogens is 4. The molecule has 0 saturated carbocycles. The van der Waals surface area contributed by atoms with Crippen LogP contribution >= 0.6 is 0 Å². The van der Waals surface area contributed by atoms with Crippen molar-refractivity contribution in [1.29, 1.82) is 0 Å². The quantitative estimate of drug-likeness (QED) is 0.738. The molecule has 2 aromatic heterocycles. The maximum atomic E-state index is 11.6. The topological polar surface area (TPSA) is 89.8 Å². The fourth-order valence-corrected chi connectivity index (χ4v) is 4.27. The minimum Gasteiger partial charge on any atom is -0.362 e. The number of hydrogen-bond acceptors (Lipinski definition) is 6. The average Bonchev–Trinajstić information content (AvgIpc) is 3.16. The Morgan fingerprint density at radius 3 is 2.73 bits per heavy atom. The van der Waals surface area contributed by atoms with Crippen LogP contribution in [0.5, 0.6) is 0 Å². The van der Waals surface area contributed by atoms with E-state index in [1.165, 1.54) is 11.0 Å². The third kappa shape index (κ3) is 3.45. The van der Waals surface area contributed by atoms with Gasteiger partial charge in [-0.2, -0.15) is 5.10 Å². The van der Waals surface area contributed by atoms with Crippen molar-refractivity contribution in [1.82, 2.24) is 19.7 Å². The lowest BCUT2D eigenvalue weighted by molar-refractivity contribution is 0.605. The van der Waals surface area contributed by atoms with Gasteiger partial charge in [-0.15, -0.1) is 0 Å². The monoisotopic (exact) mass is 369 g/mol. The third-order valence-corrected chi connectivity index (χ3v) is 5.77. The van der Waals surface area contributed by atoms with Crippen molar-refractivity contribution in [3.05, 3.63) is 59.4 Å². The normalized spacial score (nSPS) is 18.4. The van der Waals surface area contributed by atoms with E-state index in [2.05, 4.69) is 32.5 Å². The second-order valence-corrected chi connectivity index (χ2v) is 8.32. The zero-order valence-electron chi connectivity index (χ0n) is 14.3. The lowest BCUT2D eigenvalue weighted by atomic mass is 10.1. The van der Waals surface area contributed by atoms with Crippen LogP contribution in [-0.2, 0) is 29.7 Å². The molecule has 26 heavy (non-hydrogen) atoms. The summed E-state index contributed by atoms with van der Waals surface area (Å²) in [6, 6.07) is 9.89. The maximum absolute atomic E-state index is 11.6. The number of rotatable bonds is 5. The first-order valence-corrected chi connectivity index (χ1v) is 10.1. The Morgan fingerprint density at radius 1 is 1.19 bits per heavy atom. The van der Waals surface area contributed by atoms with Crippen LogP contribution in [-0.4, -0.2) is 40.0 Å². The van der Waals surface area contributed by atoms with Gasteiger partial charge in [0, 0.05) is 18.9 Å². The number of aryl methyl sites for hydroxylation is 3. The molecule has 1 aromatic carbocycles. The largest absolute Gasteiger partial charge is 0.362 e. The van der Waals surface area contributed by atoms with Gasteiger partial charge in [-0.05, 0) is 18.1 Å². The Kier molecular flexibility index (Phi) is 4.20. The lowest BCUT2D eigenvalue weighted by Crippen LogP contribution is -2.22. The molecular formula is C18H19N5O2S. The minimum absolute atomic E-state index is 0.0398. The summed E-state index contributed by atoms with van der Waals surface area (Å²) in [6.45, 7) is 0. The van der Waals surface area contributed by atoms with E-state index >= 15 is 0 Å². The molecule has 1 unspecified atom stereocenters. The summed E-state index contributed by atoms with van der Waals surface area (Å²) in [7, 11) is -1.29. The molecule has 1 N–H and O–H groups in total. The molecule has 7 nitrogen and oxygen atoms in total. The Morgan fingerprint density at radius 2 is 2.00 bits per heavy atom. The first kappa shape index (κ1) is 16.7. The van der Waals surface area contributed by atoms with Gasteiger partial charge >= 0.3 is 0 Å². The van der Waals surface area contributed by atoms with E-state index in [9.17, 15) is 8.42 Å². The van der Waals surface area contributed by atoms with E-state index in [4.69, 9.17) is 0 Å². The average molecular weight is 369 g/mol. The summed E-state index contributed by atoms with van der Waals surface area (Å²) in [5.41, 5.74) is 1.95. The maximum Gasteiger partial charge on any atom is 0.173 e. The van der Waals surface area contributed by atoms with E-state index in [-0.39, 0.29) is 11.8 Å². The van der Waals surface area contributed by atoms with Crippen molar-refractivity contribution < 1.29 is 8.42 Å². The number of benzene rings is 1. The third-order valence-electron chi connectivity index (χ3n) is 4.37. The molecule has 0 saturated heterocycles. The smallest absolute Gasteiger partial charge is 0.173 e. The molecule has 1 atom stereocenters. The second kappa shape index (κ2) is 6.53. The molecule has 0 radical (unpaired) electrons. The first-order chi connectivity index (χ1) is 12.5. The molecule has 0 spiro atoms. The van der Waals surface area contributed by atoms with Crippen LogP contribution in [0.25, 0.3) is 11.0 Å². The first-order valence-electron chi connectivity index (χ1n) is 8.40. The SMILES string of the molecule is Cn1ncc2c(NC3C=CS(=O)(=O)C3)nc(CCc3ccccc3)nc21. The molecule has 0 bridgehead atoms. The number of fused-ring (bicyclic) bond motifs is 1. The number of sulfone groups is 1. The van der Waals surface area contributed by atoms with Crippen molar-refractivity contribution in [2.75, 3.05) is 11.1 Å². The fraction of sp³-hybridized carbons (Fsp3) is 0.278. The van der Waals surface area contributed by atoms with E-state index in [0.717, 1.165) is 17.5 Å². The molecule has 0 amide bonds. The Bertz CT molecular complexity index is 1070. The number of nitrogens with zero attached hydrogens (tertiary/aromatic N) is 4. The summed E-state index contributed by atoms with van der Waals surface area (Å²) in [4.78, 5) is 9.26. The van der Waals surface area contributed by atoms with Gasteiger partial charge in [0.2, 0.25) is 0 Å². The minimum atomic E-state index is -3.13. The van der Waals surface area contributed by atoms with Crippen molar-refractivity contribution in [2.45, 2.75) is 18.9 Å². The Balaban J connectivity index is 1.62. The van der Waals surface area contributed by atoms with Crippen LogP contribution in [0.4, 0.5) is 5.82 Å². The van der Waals surface area contributed by atoms with Gasteiger partial charge in [-0.25, -0.2) is 18.4 Å². The summed E-state index contributed by atoms with van der Waals surface area (Å²) in [6.07, 6.45) is 4.88. The molecule has 3 heterocycles. The van der Waals surface area contributed by atoms with Crippen molar-refractivity contribution >= 4 is 26.7 Å². The van der Waals surface area contributed by atoms with E-state index < -0.39 is 9.84 Å². The van der Waals surface area contributed by atoms with Crippen LogP contribution in [0.1, 0.15) is 11.4 Å². The highest BCUT2D eigenvalue weighted by Gasteiger charge is 2.23. The van der Waals surface area contributed by atoms with Gasteiger partial charge in [-0.1, -0.05) is 30.3 Å². The number of hydrogen-bond donors (Lipinski definition) is 1. The van der Waals surface area contributed by atoms with E-state index in [1.807, 2.05) is 25.2 Å². The molecular weight excluding hydrogens is 350 g/mol. The fourth-order valence-electron chi connectivity index (χ4n) is 3.03. The molecule has 1 aliphatic rings. The highest BCUT2D eigenvalue weighted by Crippen LogP contribution is 2.23. The summed E-state index contributed by atoms with van der Waals surface area (Å²) >= 11 is 0. The molecule has 0 fully saturated rings. The Hall–Kier alpha value is -2.74. The van der Waals surface area contributed by atoms with E-state index in [0.29, 0.717) is 18.1 Å². The molecule has 8 heteroatoms. The van der Waals surface area contributed by atoms with Gasteiger partial charge in [0.15, 0.2) is 15.5 Å². The molecule has 3 aromatic rings. The van der Waals surface area contributed by atoms with Gasteiger partial charge in [0.25, 0.3) is 0 Å². The number of anilines is 1. The predicted molar refractivity (Wildman–Crippen MR) is 100 cm³/mol. The van der Waals surface area contributed by atoms with Crippen molar-refractivity contribution in [2.24, 2.45) is 7.05 Å². The zero-order chi connectivity index (χ0) is 18.1. The highest BCUT2D eigenvalue weighted by atomic mass is 32.2. The van der Waals surface area contributed by atoms with E-state index in [1.54, 1.807) is 17.0 Å². The van der Waals surface area contributed by atoms with Crippen molar-refractivity contribution in [3.8, 4) is 0 Å². The van der Waals surface area contributed by atoms with Crippen molar-refractivity contribution in [3.63, 3.8) is 0 Å². The van der Waals surface area contributed by atoms with Crippen LogP contribution in [0.2, 0.25) is 0 Å². The predicted octanol–water partition coefficient (Wildman–Crippen LogP) is 1.87. The van der Waals surface area contributed by atoms with Crippen LogP contribution < -0.4 is 5.32 Å². The van der Waals surface area contributed by atoms with Crippen LogP contribution in [0.3, 0.4) is 0 Å². The number of nitrogens with one attached hydrogen (secondary N) is 1. The van der Waals surface area contributed by atoms with Gasteiger partial charge < -0.3 is 5.32 Å². The molecule has 0 aliphatic carbocycles. The van der Waals surface area contributed by atoms with Gasteiger partial charge in [0.05, 0.1) is 23.4 Å². The highest BCUT2D eigenvalue weighted by molar-refractivity contribution is 7.94. The second-order valence-electron chi connectivity index (χ2n) is 6.39. The summed E-state index contributed by atoms with van der Waals surface area (Å²) in [5, 5.41) is 9.52. The molecule has 4 rings (SSSR count). The van der Waals surface area contributed by atoms with Gasteiger partial charge in [0.1, 0.15) is 11.6 Å². The molecule has 1 aliphatic heterocycles.